The summed E-state index contributed by atoms with van der Waals surface area (Å²) in [5.74, 6) is 0.125. The molecule has 0 atom stereocenters. The first-order valence-corrected chi connectivity index (χ1v) is 9.46. The van der Waals surface area contributed by atoms with Gasteiger partial charge in [0.25, 0.3) is 0 Å². The van der Waals surface area contributed by atoms with Gasteiger partial charge in [-0.25, -0.2) is 0 Å². The highest BCUT2D eigenvalue weighted by atomic mass is 19.4. The summed E-state index contributed by atoms with van der Waals surface area (Å²) in [6.45, 7) is 7.23. The van der Waals surface area contributed by atoms with E-state index in [1.165, 1.54) is 6.07 Å². The molecular weight excluding hydrogens is 367 g/mol. The van der Waals surface area contributed by atoms with Crippen LogP contribution in [0.2, 0.25) is 0 Å². The second-order valence-corrected chi connectivity index (χ2v) is 8.44. The fourth-order valence-electron chi connectivity index (χ4n) is 3.77. The lowest BCUT2D eigenvalue weighted by atomic mass is 9.92. The smallest absolute Gasteiger partial charge is 0.371 e. The van der Waals surface area contributed by atoms with Crippen LogP contribution in [-0.4, -0.2) is 42.0 Å². The van der Waals surface area contributed by atoms with Crippen molar-refractivity contribution in [3.05, 3.63) is 36.0 Å². The number of aromatic nitrogens is 1. The van der Waals surface area contributed by atoms with Crippen LogP contribution in [0.5, 0.6) is 0 Å². The lowest BCUT2D eigenvalue weighted by molar-refractivity contribution is -0.140. The van der Waals surface area contributed by atoms with Crippen molar-refractivity contribution in [2.75, 3.05) is 25.0 Å². The van der Waals surface area contributed by atoms with Crippen LogP contribution in [0.15, 0.2) is 30.5 Å². The van der Waals surface area contributed by atoms with Crippen LogP contribution < -0.4 is 4.90 Å². The van der Waals surface area contributed by atoms with Crippen LogP contribution in [-0.2, 0) is 11.0 Å². The molecule has 2 aromatic rings. The number of fused-ring (bicyclic) bond motifs is 1. The van der Waals surface area contributed by atoms with Crippen molar-refractivity contribution >= 4 is 22.5 Å². The number of alkyl halides is 3. The summed E-state index contributed by atoms with van der Waals surface area (Å²) in [6.07, 6.45) is -1.18. The largest absolute Gasteiger partial charge is 0.416 e. The van der Waals surface area contributed by atoms with Crippen molar-refractivity contribution in [2.45, 2.75) is 45.8 Å². The zero-order valence-corrected chi connectivity index (χ0v) is 16.7. The fraction of sp³-hybridized carbons (Fsp3) is 0.524. The molecule has 0 bridgehead atoms. The van der Waals surface area contributed by atoms with Crippen molar-refractivity contribution in [3.63, 3.8) is 0 Å². The van der Waals surface area contributed by atoms with E-state index >= 15 is 0 Å². The van der Waals surface area contributed by atoms with Crippen molar-refractivity contribution in [1.29, 1.82) is 0 Å². The highest BCUT2D eigenvalue weighted by molar-refractivity contribution is 5.92. The first kappa shape index (κ1) is 20.4. The summed E-state index contributed by atoms with van der Waals surface area (Å²) < 4.78 is 38.9. The minimum atomic E-state index is -4.38. The molecule has 4 nitrogen and oxygen atoms in total. The van der Waals surface area contributed by atoms with E-state index in [1.54, 1.807) is 6.20 Å². The van der Waals surface area contributed by atoms with E-state index in [2.05, 4.69) is 9.88 Å². The zero-order valence-electron chi connectivity index (χ0n) is 16.7. The third-order valence-electron chi connectivity index (χ3n) is 5.36. The van der Waals surface area contributed by atoms with E-state index in [0.29, 0.717) is 10.9 Å². The lowest BCUT2D eigenvalue weighted by Crippen LogP contribution is -2.48. The van der Waals surface area contributed by atoms with E-state index in [4.69, 9.17) is 0 Å². The summed E-state index contributed by atoms with van der Waals surface area (Å²) in [4.78, 5) is 20.7. The van der Waals surface area contributed by atoms with Crippen molar-refractivity contribution in [1.82, 2.24) is 9.88 Å². The highest BCUT2D eigenvalue weighted by Gasteiger charge is 2.33. The first-order valence-electron chi connectivity index (χ1n) is 9.46. The second-order valence-electron chi connectivity index (χ2n) is 8.44. The van der Waals surface area contributed by atoms with E-state index in [-0.39, 0.29) is 11.9 Å². The Kier molecular flexibility index (Phi) is 5.30. The fourth-order valence-corrected chi connectivity index (χ4v) is 3.77. The molecule has 1 aliphatic rings. The number of hydrogen-bond donors (Lipinski definition) is 0. The normalized spacial score (nSPS) is 16.5. The summed E-state index contributed by atoms with van der Waals surface area (Å²) in [7, 11) is 1.86. The maximum Gasteiger partial charge on any atom is 0.416 e. The minimum Gasteiger partial charge on any atom is -0.371 e. The molecule has 7 heteroatoms. The second kappa shape index (κ2) is 7.26. The zero-order chi connectivity index (χ0) is 20.7. The number of carbonyl (C=O) groups excluding carboxylic acids is 1. The van der Waals surface area contributed by atoms with Crippen LogP contribution in [0.1, 0.15) is 39.2 Å². The average Bonchev–Trinajstić information content (AvgIpc) is 2.64. The molecule has 0 spiro atoms. The Bertz CT molecular complexity index is 865. The molecule has 152 valence electrons. The number of hydrogen-bond acceptors (Lipinski definition) is 3. The van der Waals surface area contributed by atoms with Gasteiger partial charge in [0.05, 0.1) is 11.1 Å². The number of anilines is 1. The van der Waals surface area contributed by atoms with Crippen LogP contribution in [0.25, 0.3) is 10.9 Å². The molecule has 0 radical (unpaired) electrons. The van der Waals surface area contributed by atoms with E-state index in [1.807, 2.05) is 38.8 Å². The molecule has 0 unspecified atom stereocenters. The molecular formula is C21H26F3N3O. The third kappa shape index (κ3) is 4.08. The molecule has 28 heavy (non-hydrogen) atoms. The number of benzene rings is 1. The maximum atomic E-state index is 13.0. The van der Waals surface area contributed by atoms with Crippen LogP contribution in [0, 0.1) is 5.41 Å². The highest BCUT2D eigenvalue weighted by Crippen LogP contribution is 2.34. The minimum absolute atomic E-state index is 0.125. The van der Waals surface area contributed by atoms with Crippen molar-refractivity contribution in [2.24, 2.45) is 5.41 Å². The quantitative estimate of drug-likeness (QED) is 0.740. The first-order chi connectivity index (χ1) is 13.0. The van der Waals surface area contributed by atoms with Gasteiger partial charge in [0.1, 0.15) is 0 Å². The maximum absolute atomic E-state index is 13.0. The number of halogens is 3. The molecule has 0 aliphatic carbocycles. The van der Waals surface area contributed by atoms with Crippen LogP contribution in [0.3, 0.4) is 0 Å². The summed E-state index contributed by atoms with van der Waals surface area (Å²) in [5.41, 5.74) is 0.130. The Morgan fingerprint density at radius 1 is 1.14 bits per heavy atom. The van der Waals surface area contributed by atoms with Crippen LogP contribution >= 0.6 is 0 Å². The molecule has 1 aromatic heterocycles. The molecule has 3 rings (SSSR count). The average molecular weight is 393 g/mol. The lowest BCUT2D eigenvalue weighted by Gasteiger charge is -2.40. The number of nitrogens with zero attached hydrogens (tertiary/aromatic N) is 3. The Balaban J connectivity index is 1.78. The van der Waals surface area contributed by atoms with Gasteiger partial charge in [-0.2, -0.15) is 13.2 Å². The molecule has 0 saturated carbocycles. The van der Waals surface area contributed by atoms with Gasteiger partial charge >= 0.3 is 6.18 Å². The monoisotopic (exact) mass is 393 g/mol. The Morgan fingerprint density at radius 3 is 2.36 bits per heavy atom. The Hall–Kier alpha value is -2.31. The van der Waals surface area contributed by atoms with Gasteiger partial charge in [-0.3, -0.25) is 9.78 Å². The van der Waals surface area contributed by atoms with Gasteiger partial charge in [0, 0.05) is 48.9 Å². The van der Waals surface area contributed by atoms with E-state index < -0.39 is 17.2 Å². The van der Waals surface area contributed by atoms with Crippen LogP contribution in [0.4, 0.5) is 18.9 Å². The molecule has 1 fully saturated rings. The van der Waals surface area contributed by atoms with Crippen molar-refractivity contribution in [3.8, 4) is 0 Å². The van der Waals surface area contributed by atoms with Gasteiger partial charge in [-0.05, 0) is 31.0 Å². The SMILES string of the molecule is CN(C(=O)C(C)(C)C)C1CCN(c2ccnc3cc(C(F)(F)F)ccc23)CC1. The molecule has 0 N–H and O–H groups in total. The summed E-state index contributed by atoms with van der Waals surface area (Å²) >= 11 is 0. The van der Waals surface area contributed by atoms with E-state index in [9.17, 15) is 18.0 Å². The molecule has 1 aromatic carbocycles. The van der Waals surface area contributed by atoms with Crippen molar-refractivity contribution < 1.29 is 18.0 Å². The predicted octanol–water partition coefficient (Wildman–Crippen LogP) is 4.73. The standard InChI is InChI=1S/C21H26F3N3O/c1-20(2,3)19(28)26(4)15-8-11-27(12-9-15)18-7-10-25-17-13-14(21(22,23)24)5-6-16(17)18/h5-7,10,13,15H,8-9,11-12H2,1-4H3. The van der Waals surface area contributed by atoms with Gasteiger partial charge in [0.2, 0.25) is 5.91 Å². The van der Waals surface area contributed by atoms with Gasteiger partial charge < -0.3 is 9.80 Å². The third-order valence-corrected chi connectivity index (χ3v) is 5.36. The summed E-state index contributed by atoms with van der Waals surface area (Å²) in [6, 6.07) is 5.73. The summed E-state index contributed by atoms with van der Waals surface area (Å²) in [5, 5.41) is 0.716. The van der Waals surface area contributed by atoms with Gasteiger partial charge in [0.15, 0.2) is 0 Å². The number of carbonyl (C=O) groups is 1. The van der Waals surface area contributed by atoms with Gasteiger partial charge in [-0.1, -0.05) is 26.8 Å². The molecule has 1 saturated heterocycles. The number of pyridine rings is 1. The number of rotatable bonds is 2. The topological polar surface area (TPSA) is 36.4 Å². The molecule has 1 amide bonds. The Morgan fingerprint density at radius 2 is 1.79 bits per heavy atom. The van der Waals surface area contributed by atoms with E-state index in [0.717, 1.165) is 43.8 Å². The molecule has 1 aliphatic heterocycles. The molecule has 2 heterocycles. The van der Waals surface area contributed by atoms with Gasteiger partial charge in [-0.15, -0.1) is 0 Å². The number of amides is 1. The Labute approximate surface area is 163 Å². The number of piperidine rings is 1. The predicted molar refractivity (Wildman–Crippen MR) is 104 cm³/mol.